The Hall–Kier alpha value is -3.02. The molecule has 0 spiro atoms. The zero-order valence-electron chi connectivity index (χ0n) is 16.8. The molecule has 0 N–H and O–H groups in total. The maximum atomic E-state index is 14.4. The SMILES string of the molecule is CCOc1ccc(CCc2ccc(-c3ccc(OCC)c(F)c3F)cc2)c(F)c1F. The molecule has 0 bridgehead atoms. The molecule has 30 heavy (non-hydrogen) atoms. The Labute approximate surface area is 173 Å². The molecule has 0 aliphatic carbocycles. The van der Waals surface area contributed by atoms with Crippen molar-refractivity contribution in [3.05, 3.63) is 82.9 Å². The van der Waals surface area contributed by atoms with Crippen LogP contribution in [-0.2, 0) is 12.8 Å². The van der Waals surface area contributed by atoms with Crippen molar-refractivity contribution in [3.8, 4) is 22.6 Å². The van der Waals surface area contributed by atoms with Crippen molar-refractivity contribution < 1.29 is 27.0 Å². The van der Waals surface area contributed by atoms with Gasteiger partial charge in [-0.25, -0.2) is 8.78 Å². The van der Waals surface area contributed by atoms with Gasteiger partial charge in [0, 0.05) is 5.56 Å². The van der Waals surface area contributed by atoms with Crippen molar-refractivity contribution in [2.75, 3.05) is 13.2 Å². The average Bonchev–Trinajstić information content (AvgIpc) is 2.75. The third-order valence-corrected chi connectivity index (χ3v) is 4.72. The lowest BCUT2D eigenvalue weighted by Gasteiger charge is -2.11. The highest BCUT2D eigenvalue weighted by atomic mass is 19.2. The quantitative estimate of drug-likeness (QED) is 0.389. The first-order chi connectivity index (χ1) is 14.5. The van der Waals surface area contributed by atoms with E-state index in [1.165, 1.54) is 24.3 Å². The van der Waals surface area contributed by atoms with Crippen LogP contribution in [0.1, 0.15) is 25.0 Å². The Morgan fingerprint density at radius 1 is 0.600 bits per heavy atom. The average molecular weight is 418 g/mol. The van der Waals surface area contributed by atoms with Crippen LogP contribution in [0, 0.1) is 23.3 Å². The molecule has 0 unspecified atom stereocenters. The molecule has 0 aromatic heterocycles. The lowest BCUT2D eigenvalue weighted by Crippen LogP contribution is -2.02. The second kappa shape index (κ2) is 9.65. The summed E-state index contributed by atoms with van der Waals surface area (Å²) >= 11 is 0. The van der Waals surface area contributed by atoms with Gasteiger partial charge in [-0.05, 0) is 61.6 Å². The third kappa shape index (κ3) is 4.58. The van der Waals surface area contributed by atoms with Crippen LogP contribution in [0.3, 0.4) is 0 Å². The summed E-state index contributed by atoms with van der Waals surface area (Å²) in [5.41, 5.74) is 1.75. The van der Waals surface area contributed by atoms with Crippen molar-refractivity contribution in [3.63, 3.8) is 0 Å². The molecule has 0 amide bonds. The zero-order chi connectivity index (χ0) is 21.7. The molecule has 3 rings (SSSR count). The normalized spacial score (nSPS) is 10.9. The number of ether oxygens (including phenoxy) is 2. The number of rotatable bonds is 8. The van der Waals surface area contributed by atoms with Gasteiger partial charge >= 0.3 is 0 Å². The molecule has 0 saturated heterocycles. The standard InChI is InChI=1S/C24H22F4O2/c1-3-29-19-13-11-17(21(25)23(19)27)10-7-15-5-8-16(9-6-15)18-12-14-20(30-4-2)24(28)22(18)26/h5-6,8-9,11-14H,3-4,7,10H2,1-2H3. The molecule has 2 nitrogen and oxygen atoms in total. The van der Waals surface area contributed by atoms with Crippen molar-refractivity contribution in [1.29, 1.82) is 0 Å². The Balaban J connectivity index is 1.73. The van der Waals surface area contributed by atoms with Gasteiger partial charge in [0.05, 0.1) is 13.2 Å². The first-order valence-corrected chi connectivity index (χ1v) is 9.76. The first kappa shape index (κ1) is 21.7. The molecular weight excluding hydrogens is 396 g/mol. The van der Waals surface area contributed by atoms with E-state index in [2.05, 4.69) is 0 Å². The van der Waals surface area contributed by atoms with Crippen LogP contribution in [0.15, 0.2) is 48.5 Å². The number of hydrogen-bond acceptors (Lipinski definition) is 2. The summed E-state index contributed by atoms with van der Waals surface area (Å²) in [6, 6.07) is 12.6. The van der Waals surface area contributed by atoms with E-state index < -0.39 is 23.3 Å². The van der Waals surface area contributed by atoms with Crippen LogP contribution in [0.2, 0.25) is 0 Å². The molecule has 0 saturated carbocycles. The predicted octanol–water partition coefficient (Wildman–Crippen LogP) is 6.49. The van der Waals surface area contributed by atoms with E-state index in [0.29, 0.717) is 18.4 Å². The number of halogens is 4. The highest BCUT2D eigenvalue weighted by Crippen LogP contribution is 2.30. The van der Waals surface area contributed by atoms with Gasteiger partial charge in [0.1, 0.15) is 0 Å². The van der Waals surface area contributed by atoms with Gasteiger partial charge < -0.3 is 9.47 Å². The first-order valence-electron chi connectivity index (χ1n) is 9.76. The molecule has 0 atom stereocenters. The van der Waals surface area contributed by atoms with Crippen molar-refractivity contribution in [2.45, 2.75) is 26.7 Å². The van der Waals surface area contributed by atoms with Gasteiger partial charge in [-0.3, -0.25) is 0 Å². The Morgan fingerprint density at radius 2 is 1.17 bits per heavy atom. The van der Waals surface area contributed by atoms with Gasteiger partial charge in [-0.2, -0.15) is 8.78 Å². The van der Waals surface area contributed by atoms with Gasteiger partial charge in [-0.1, -0.05) is 30.3 Å². The minimum Gasteiger partial charge on any atom is -0.491 e. The second-order valence-corrected chi connectivity index (χ2v) is 6.65. The van der Waals surface area contributed by atoms with E-state index in [0.717, 1.165) is 5.56 Å². The summed E-state index contributed by atoms with van der Waals surface area (Å²) in [5.74, 6) is -4.12. The van der Waals surface area contributed by atoms with Crippen LogP contribution >= 0.6 is 0 Å². The molecule has 0 fully saturated rings. The van der Waals surface area contributed by atoms with Gasteiger partial charge in [0.15, 0.2) is 23.1 Å². The van der Waals surface area contributed by atoms with Crippen LogP contribution in [-0.4, -0.2) is 13.2 Å². The summed E-state index contributed by atoms with van der Waals surface area (Å²) < 4.78 is 66.8. The van der Waals surface area contributed by atoms with E-state index in [9.17, 15) is 17.6 Å². The maximum absolute atomic E-state index is 14.4. The minimum absolute atomic E-state index is 0.104. The second-order valence-electron chi connectivity index (χ2n) is 6.65. The highest BCUT2D eigenvalue weighted by molar-refractivity contribution is 5.65. The largest absolute Gasteiger partial charge is 0.491 e. The topological polar surface area (TPSA) is 18.5 Å². The van der Waals surface area contributed by atoms with Crippen LogP contribution in [0.4, 0.5) is 17.6 Å². The summed E-state index contributed by atoms with van der Waals surface area (Å²) in [6.07, 6.45) is 0.755. The predicted molar refractivity (Wildman–Crippen MR) is 108 cm³/mol. The molecule has 0 aliphatic heterocycles. The number of benzene rings is 3. The van der Waals surface area contributed by atoms with Crippen LogP contribution in [0.25, 0.3) is 11.1 Å². The van der Waals surface area contributed by atoms with E-state index in [4.69, 9.17) is 9.47 Å². The van der Waals surface area contributed by atoms with E-state index in [1.807, 2.05) is 0 Å². The van der Waals surface area contributed by atoms with E-state index in [-0.39, 0.29) is 35.8 Å². The van der Waals surface area contributed by atoms with Crippen molar-refractivity contribution >= 4 is 0 Å². The molecule has 3 aromatic rings. The lowest BCUT2D eigenvalue weighted by atomic mass is 9.99. The summed E-state index contributed by atoms with van der Waals surface area (Å²) in [7, 11) is 0. The fourth-order valence-electron chi connectivity index (χ4n) is 3.18. The van der Waals surface area contributed by atoms with Crippen molar-refractivity contribution in [1.82, 2.24) is 0 Å². The van der Waals surface area contributed by atoms with Crippen LogP contribution in [0.5, 0.6) is 11.5 Å². The summed E-state index contributed by atoms with van der Waals surface area (Å²) in [4.78, 5) is 0. The molecule has 3 aromatic carbocycles. The molecule has 0 heterocycles. The smallest absolute Gasteiger partial charge is 0.201 e. The fraction of sp³-hybridized carbons (Fsp3) is 0.250. The van der Waals surface area contributed by atoms with Crippen LogP contribution < -0.4 is 9.47 Å². The molecule has 0 radical (unpaired) electrons. The highest BCUT2D eigenvalue weighted by Gasteiger charge is 2.16. The summed E-state index contributed by atoms with van der Waals surface area (Å²) in [5, 5.41) is 0. The van der Waals surface area contributed by atoms with E-state index in [1.54, 1.807) is 38.1 Å². The maximum Gasteiger partial charge on any atom is 0.201 e. The molecule has 0 aliphatic rings. The van der Waals surface area contributed by atoms with Crippen molar-refractivity contribution in [2.24, 2.45) is 0 Å². The number of hydrogen-bond donors (Lipinski definition) is 0. The van der Waals surface area contributed by atoms with Gasteiger partial charge in [0.2, 0.25) is 11.6 Å². The zero-order valence-corrected chi connectivity index (χ0v) is 16.8. The van der Waals surface area contributed by atoms with Gasteiger partial charge in [-0.15, -0.1) is 0 Å². The minimum atomic E-state index is -1.02. The Bertz CT molecular complexity index is 1020. The molecule has 6 heteroatoms. The van der Waals surface area contributed by atoms with E-state index >= 15 is 0 Å². The monoisotopic (exact) mass is 418 g/mol. The Kier molecular flexibility index (Phi) is 6.98. The van der Waals surface area contributed by atoms with Gasteiger partial charge in [0.25, 0.3) is 0 Å². The molecular formula is C24H22F4O2. The lowest BCUT2D eigenvalue weighted by molar-refractivity contribution is 0.313. The summed E-state index contributed by atoms with van der Waals surface area (Å²) in [6.45, 7) is 3.88. The number of aryl methyl sites for hydroxylation is 2. The third-order valence-electron chi connectivity index (χ3n) is 4.72. The molecule has 158 valence electrons. The Morgan fingerprint density at radius 3 is 1.77 bits per heavy atom. The fourth-order valence-corrected chi connectivity index (χ4v) is 3.18.